The molecule has 6 heteroatoms. The molecule has 0 saturated heterocycles. The van der Waals surface area contributed by atoms with Gasteiger partial charge in [-0.15, -0.1) is 0 Å². The van der Waals surface area contributed by atoms with E-state index in [9.17, 15) is 8.42 Å². The molecule has 0 saturated carbocycles. The Morgan fingerprint density at radius 1 is 1.20 bits per heavy atom. The minimum atomic E-state index is -3.72. The number of hydrogen-bond donors (Lipinski definition) is 1. The normalized spacial score (nSPS) is 15.4. The van der Waals surface area contributed by atoms with Crippen molar-refractivity contribution in [2.24, 2.45) is 9.54 Å². The highest BCUT2D eigenvalue weighted by molar-refractivity contribution is 8.07. The van der Waals surface area contributed by atoms with Crippen molar-refractivity contribution in [2.75, 3.05) is 0 Å². The maximum absolute atomic E-state index is 11.1. The predicted molar refractivity (Wildman–Crippen MR) is 61.9 cm³/mol. The summed E-state index contributed by atoms with van der Waals surface area (Å²) in [6.07, 6.45) is 3.10. The van der Waals surface area contributed by atoms with Gasteiger partial charge in [0.15, 0.2) is 5.04 Å². The zero-order valence-corrected chi connectivity index (χ0v) is 9.25. The van der Waals surface area contributed by atoms with Gasteiger partial charge in [-0.05, 0) is 17.7 Å². The van der Waals surface area contributed by atoms with Crippen LogP contribution in [0.4, 0.5) is 0 Å². The largest absolute Gasteiger partial charge is 0.256 e. The lowest BCUT2D eigenvalue weighted by molar-refractivity contribution is 0.609. The number of nitrogens with zero attached hydrogens (tertiary/aromatic N) is 1. The Morgan fingerprint density at radius 3 is 2.67 bits per heavy atom. The third-order valence-electron chi connectivity index (χ3n) is 1.85. The quantitative estimate of drug-likeness (QED) is 0.697. The SMILES string of the molecule is NS(=O)(=O)C1=NSc2ccccc2C=C1. The third-order valence-corrected chi connectivity index (χ3v) is 3.63. The van der Waals surface area contributed by atoms with Crippen molar-refractivity contribution in [1.29, 1.82) is 0 Å². The second kappa shape index (κ2) is 3.80. The second-order valence-electron chi connectivity index (χ2n) is 2.94. The average molecular weight is 240 g/mol. The molecule has 15 heavy (non-hydrogen) atoms. The molecule has 2 rings (SSSR count). The molecule has 1 aliphatic rings. The fourth-order valence-corrected chi connectivity index (χ4v) is 2.55. The zero-order chi connectivity index (χ0) is 10.9. The van der Waals surface area contributed by atoms with E-state index in [1.165, 1.54) is 6.08 Å². The van der Waals surface area contributed by atoms with Gasteiger partial charge in [0, 0.05) is 16.8 Å². The van der Waals surface area contributed by atoms with Crippen LogP contribution in [0.5, 0.6) is 0 Å². The first-order valence-corrected chi connectivity index (χ1v) is 6.44. The predicted octanol–water partition coefficient (Wildman–Crippen LogP) is 1.41. The molecule has 0 fully saturated rings. The summed E-state index contributed by atoms with van der Waals surface area (Å²) in [4.78, 5) is 0.910. The van der Waals surface area contributed by atoms with Crippen LogP contribution in [0.15, 0.2) is 39.6 Å². The zero-order valence-electron chi connectivity index (χ0n) is 7.62. The molecule has 0 aromatic heterocycles. The molecule has 0 unspecified atom stereocenters. The van der Waals surface area contributed by atoms with E-state index in [4.69, 9.17) is 5.14 Å². The number of hydrogen-bond acceptors (Lipinski definition) is 4. The summed E-state index contributed by atoms with van der Waals surface area (Å²) in [5.74, 6) is 0. The Morgan fingerprint density at radius 2 is 1.93 bits per heavy atom. The van der Waals surface area contributed by atoms with Crippen LogP contribution in [-0.2, 0) is 10.0 Å². The Hall–Kier alpha value is -1.11. The number of fused-ring (bicyclic) bond motifs is 1. The van der Waals surface area contributed by atoms with Crippen molar-refractivity contribution >= 4 is 33.1 Å². The molecule has 1 aliphatic heterocycles. The molecule has 1 aromatic carbocycles. The molecule has 78 valence electrons. The van der Waals surface area contributed by atoms with Crippen molar-refractivity contribution in [3.63, 3.8) is 0 Å². The minimum Gasteiger partial charge on any atom is -0.223 e. The van der Waals surface area contributed by atoms with Crippen LogP contribution in [-0.4, -0.2) is 13.5 Å². The van der Waals surface area contributed by atoms with Gasteiger partial charge in [-0.3, -0.25) is 0 Å². The molecular weight excluding hydrogens is 232 g/mol. The van der Waals surface area contributed by atoms with Crippen LogP contribution in [0, 0.1) is 0 Å². The summed E-state index contributed by atoms with van der Waals surface area (Å²) < 4.78 is 26.0. The first kappa shape index (κ1) is 10.4. The lowest BCUT2D eigenvalue weighted by Crippen LogP contribution is -2.21. The highest BCUT2D eigenvalue weighted by Crippen LogP contribution is 2.27. The monoisotopic (exact) mass is 240 g/mol. The molecule has 0 spiro atoms. The molecule has 1 aromatic rings. The van der Waals surface area contributed by atoms with E-state index in [1.807, 2.05) is 24.3 Å². The maximum atomic E-state index is 11.1. The molecule has 1 heterocycles. The Balaban J connectivity index is 2.47. The number of sulfonamides is 1. The van der Waals surface area contributed by atoms with E-state index in [1.54, 1.807) is 6.08 Å². The highest BCUT2D eigenvalue weighted by atomic mass is 32.2. The molecule has 2 N–H and O–H groups in total. The average Bonchev–Trinajstić information content (AvgIpc) is 2.38. The Bertz CT molecular complexity index is 547. The van der Waals surface area contributed by atoms with E-state index >= 15 is 0 Å². The molecular formula is C9H8N2O2S2. The summed E-state index contributed by atoms with van der Waals surface area (Å²) >= 11 is 1.11. The summed E-state index contributed by atoms with van der Waals surface area (Å²) in [5, 5.41) is 4.88. The van der Waals surface area contributed by atoms with Gasteiger partial charge in [-0.1, -0.05) is 24.3 Å². The van der Waals surface area contributed by atoms with E-state index < -0.39 is 10.0 Å². The van der Waals surface area contributed by atoms with Crippen molar-refractivity contribution < 1.29 is 8.42 Å². The van der Waals surface area contributed by atoms with E-state index in [0.29, 0.717) is 0 Å². The van der Waals surface area contributed by atoms with Gasteiger partial charge in [-0.25, -0.2) is 13.6 Å². The summed E-state index contributed by atoms with van der Waals surface area (Å²) in [6, 6.07) is 7.52. The van der Waals surface area contributed by atoms with Crippen LogP contribution in [0.25, 0.3) is 6.08 Å². The molecule has 0 bridgehead atoms. The fourth-order valence-electron chi connectivity index (χ4n) is 1.13. The van der Waals surface area contributed by atoms with Gasteiger partial charge in [-0.2, -0.15) is 4.40 Å². The standard InChI is InChI=1S/C9H8N2O2S2/c10-15(12,13)9-6-5-7-3-1-2-4-8(7)14-11-9/h1-6H,(H2,10,12,13). The fraction of sp³-hybridized carbons (Fsp3) is 0. The summed E-state index contributed by atoms with van der Waals surface area (Å²) in [6.45, 7) is 0. The topological polar surface area (TPSA) is 72.5 Å². The molecule has 0 atom stereocenters. The molecule has 0 radical (unpaired) electrons. The number of benzene rings is 1. The van der Waals surface area contributed by atoms with E-state index in [-0.39, 0.29) is 5.04 Å². The van der Waals surface area contributed by atoms with Gasteiger partial charge in [0.25, 0.3) is 10.0 Å². The van der Waals surface area contributed by atoms with Crippen LogP contribution in [0.1, 0.15) is 5.56 Å². The van der Waals surface area contributed by atoms with Crippen molar-refractivity contribution in [2.45, 2.75) is 4.90 Å². The van der Waals surface area contributed by atoms with Crippen molar-refractivity contribution in [1.82, 2.24) is 0 Å². The molecule has 0 aliphatic carbocycles. The molecule has 0 amide bonds. The van der Waals surface area contributed by atoms with Crippen LogP contribution in [0.3, 0.4) is 0 Å². The third kappa shape index (κ3) is 2.28. The van der Waals surface area contributed by atoms with Gasteiger partial charge in [0.05, 0.1) is 0 Å². The van der Waals surface area contributed by atoms with Crippen LogP contribution in [0.2, 0.25) is 0 Å². The van der Waals surface area contributed by atoms with Crippen molar-refractivity contribution in [3.05, 3.63) is 35.9 Å². The first-order valence-electron chi connectivity index (χ1n) is 4.12. The summed E-state index contributed by atoms with van der Waals surface area (Å²) in [7, 11) is -3.72. The van der Waals surface area contributed by atoms with Gasteiger partial charge < -0.3 is 0 Å². The Kier molecular flexibility index (Phi) is 2.64. The first-order chi connectivity index (χ1) is 7.07. The lowest BCUT2D eigenvalue weighted by Gasteiger charge is -1.97. The van der Waals surface area contributed by atoms with Gasteiger partial charge >= 0.3 is 0 Å². The second-order valence-corrected chi connectivity index (χ2v) is 5.25. The minimum absolute atomic E-state index is 0.108. The Labute approximate surface area is 92.1 Å². The van der Waals surface area contributed by atoms with Gasteiger partial charge in [0.1, 0.15) is 0 Å². The lowest BCUT2D eigenvalue weighted by atomic mass is 10.2. The smallest absolute Gasteiger partial charge is 0.223 e. The van der Waals surface area contributed by atoms with E-state index in [2.05, 4.69) is 4.40 Å². The van der Waals surface area contributed by atoms with Crippen molar-refractivity contribution in [3.8, 4) is 0 Å². The maximum Gasteiger partial charge on any atom is 0.256 e. The summed E-state index contributed by atoms with van der Waals surface area (Å²) in [5.41, 5.74) is 0.935. The number of rotatable bonds is 0. The number of nitrogens with two attached hydrogens (primary N) is 1. The highest BCUT2D eigenvalue weighted by Gasteiger charge is 2.14. The van der Waals surface area contributed by atoms with Crippen LogP contribution < -0.4 is 5.14 Å². The van der Waals surface area contributed by atoms with Gasteiger partial charge in [0.2, 0.25) is 0 Å². The number of primary sulfonamides is 1. The van der Waals surface area contributed by atoms with E-state index in [0.717, 1.165) is 22.4 Å². The van der Waals surface area contributed by atoms with Crippen LogP contribution >= 0.6 is 11.9 Å². The molecule has 4 nitrogen and oxygen atoms in total.